The summed E-state index contributed by atoms with van der Waals surface area (Å²) >= 11 is 0. The Hall–Kier alpha value is -1.71. The first-order valence-electron chi connectivity index (χ1n) is 11.1. The molecule has 4 nitrogen and oxygen atoms in total. The van der Waals surface area contributed by atoms with Gasteiger partial charge in [0.2, 0.25) is 0 Å². The molecule has 0 heterocycles. The zero-order valence-corrected chi connectivity index (χ0v) is 18.6. The maximum atomic E-state index is 13.0. The number of fused-ring (bicyclic) bond motifs is 5. The number of Topliss-reactive ketones (excluding diaryl/α,β-unsaturated/α-hetero) is 1. The van der Waals surface area contributed by atoms with Gasteiger partial charge in [-0.05, 0) is 68.4 Å². The van der Waals surface area contributed by atoms with E-state index in [0.717, 1.165) is 25.7 Å². The normalized spacial score (nSPS) is 48.3. The molecule has 3 fully saturated rings. The molecule has 0 spiro atoms. The maximum Gasteiger partial charge on any atom is 0.303 e. The quantitative estimate of drug-likeness (QED) is 0.634. The van der Waals surface area contributed by atoms with Crippen LogP contribution in [0.15, 0.2) is 23.8 Å². The lowest BCUT2D eigenvalue weighted by molar-refractivity contribution is -0.192. The molecule has 0 amide bonds. The van der Waals surface area contributed by atoms with Crippen LogP contribution in [0.1, 0.15) is 67.2 Å². The number of rotatable bonds is 2. The number of ether oxygens (including phenoxy) is 1. The fourth-order valence-electron chi connectivity index (χ4n) is 8.21. The van der Waals surface area contributed by atoms with Gasteiger partial charge < -0.3 is 4.74 Å². The lowest BCUT2D eigenvalue weighted by Gasteiger charge is -2.59. The summed E-state index contributed by atoms with van der Waals surface area (Å²) in [6.45, 7) is 11.8. The van der Waals surface area contributed by atoms with Gasteiger partial charge in [0.1, 0.15) is 0 Å². The van der Waals surface area contributed by atoms with E-state index in [9.17, 15) is 14.4 Å². The fourth-order valence-corrected chi connectivity index (χ4v) is 8.21. The second-order valence-electron chi connectivity index (χ2n) is 10.6. The molecule has 0 aromatic heterocycles. The van der Waals surface area contributed by atoms with Gasteiger partial charge in [0, 0.05) is 23.7 Å². The van der Waals surface area contributed by atoms with Crippen LogP contribution in [-0.2, 0) is 19.1 Å². The highest BCUT2D eigenvalue weighted by Gasteiger charge is 2.70. The van der Waals surface area contributed by atoms with E-state index >= 15 is 0 Å². The number of hydrogen-bond donors (Lipinski definition) is 0. The summed E-state index contributed by atoms with van der Waals surface area (Å²) < 4.78 is 5.94. The molecule has 0 aromatic rings. The third kappa shape index (κ3) is 2.53. The van der Waals surface area contributed by atoms with Crippen molar-refractivity contribution in [2.45, 2.75) is 72.8 Å². The lowest BCUT2D eigenvalue weighted by atomic mass is 9.45. The molecule has 4 rings (SSSR count). The lowest BCUT2D eigenvalue weighted by Crippen LogP contribution is -2.60. The molecule has 158 valence electrons. The SMILES string of the molecule is CC(=O)OC1(C(C)=O)C(C)CC2C3CC(C)C4=CC(=O)C=CC4(C)C3CCC21C. The molecule has 8 unspecified atom stereocenters. The Morgan fingerprint density at radius 2 is 1.79 bits per heavy atom. The highest BCUT2D eigenvalue weighted by Crippen LogP contribution is 2.69. The van der Waals surface area contributed by atoms with E-state index in [1.54, 1.807) is 13.0 Å². The average Bonchev–Trinajstić information content (AvgIpc) is 2.85. The predicted molar refractivity (Wildman–Crippen MR) is 111 cm³/mol. The second kappa shape index (κ2) is 6.39. The van der Waals surface area contributed by atoms with E-state index < -0.39 is 5.60 Å². The summed E-state index contributed by atoms with van der Waals surface area (Å²) in [5.74, 6) is 1.34. The summed E-state index contributed by atoms with van der Waals surface area (Å²) in [5.41, 5.74) is -0.174. The Morgan fingerprint density at radius 1 is 1.10 bits per heavy atom. The Bertz CT molecular complexity index is 838. The Kier molecular flexibility index (Phi) is 4.53. The molecule has 0 aromatic carbocycles. The van der Waals surface area contributed by atoms with Crippen molar-refractivity contribution >= 4 is 17.5 Å². The van der Waals surface area contributed by atoms with Crippen molar-refractivity contribution in [3.63, 3.8) is 0 Å². The maximum absolute atomic E-state index is 13.0. The van der Waals surface area contributed by atoms with Gasteiger partial charge in [0.25, 0.3) is 0 Å². The van der Waals surface area contributed by atoms with Crippen LogP contribution < -0.4 is 0 Å². The van der Waals surface area contributed by atoms with Crippen LogP contribution in [0, 0.1) is 40.4 Å². The first-order valence-corrected chi connectivity index (χ1v) is 11.1. The van der Waals surface area contributed by atoms with Gasteiger partial charge in [-0.3, -0.25) is 14.4 Å². The summed E-state index contributed by atoms with van der Waals surface area (Å²) in [4.78, 5) is 37.1. The third-order valence-electron chi connectivity index (χ3n) is 9.24. The van der Waals surface area contributed by atoms with Crippen molar-refractivity contribution in [2.24, 2.45) is 40.4 Å². The molecule has 3 saturated carbocycles. The van der Waals surface area contributed by atoms with Gasteiger partial charge in [-0.15, -0.1) is 0 Å². The van der Waals surface area contributed by atoms with E-state index in [4.69, 9.17) is 4.74 Å². The zero-order chi connectivity index (χ0) is 21.4. The van der Waals surface area contributed by atoms with Gasteiger partial charge in [0.05, 0.1) is 0 Å². The fraction of sp³-hybridized carbons (Fsp3) is 0.720. The third-order valence-corrected chi connectivity index (χ3v) is 9.24. The smallest absolute Gasteiger partial charge is 0.303 e. The second-order valence-corrected chi connectivity index (χ2v) is 10.6. The predicted octanol–water partition coefficient (Wildman–Crippen LogP) is 4.68. The van der Waals surface area contributed by atoms with Crippen LogP contribution in [0.4, 0.5) is 0 Å². The molecule has 29 heavy (non-hydrogen) atoms. The van der Waals surface area contributed by atoms with Gasteiger partial charge >= 0.3 is 5.97 Å². The Morgan fingerprint density at radius 3 is 2.41 bits per heavy atom. The number of ketones is 2. The van der Waals surface area contributed by atoms with Crippen LogP contribution in [0.3, 0.4) is 0 Å². The first kappa shape index (κ1) is 20.6. The van der Waals surface area contributed by atoms with Crippen LogP contribution in [-0.4, -0.2) is 23.1 Å². The number of esters is 1. The molecular formula is C25H34O4. The van der Waals surface area contributed by atoms with Crippen LogP contribution in [0.25, 0.3) is 0 Å². The zero-order valence-electron chi connectivity index (χ0n) is 18.6. The monoisotopic (exact) mass is 398 g/mol. The van der Waals surface area contributed by atoms with Crippen LogP contribution in [0.5, 0.6) is 0 Å². The van der Waals surface area contributed by atoms with Crippen molar-refractivity contribution in [3.8, 4) is 0 Å². The summed E-state index contributed by atoms with van der Waals surface area (Å²) in [6.07, 6.45) is 9.55. The molecular weight excluding hydrogens is 364 g/mol. The minimum atomic E-state index is -1.02. The number of carbonyl (C=O) groups is 3. The van der Waals surface area contributed by atoms with Gasteiger partial charge in [-0.25, -0.2) is 0 Å². The molecule has 4 aliphatic rings. The van der Waals surface area contributed by atoms with E-state index in [1.165, 1.54) is 12.5 Å². The number of allylic oxidation sites excluding steroid dienone is 4. The van der Waals surface area contributed by atoms with Crippen LogP contribution in [0.2, 0.25) is 0 Å². The summed E-state index contributed by atoms with van der Waals surface area (Å²) in [7, 11) is 0. The van der Waals surface area contributed by atoms with Crippen molar-refractivity contribution in [1.82, 2.24) is 0 Å². The molecule has 8 atom stereocenters. The molecule has 4 aliphatic carbocycles. The van der Waals surface area contributed by atoms with Gasteiger partial charge in [0.15, 0.2) is 17.2 Å². The van der Waals surface area contributed by atoms with Crippen molar-refractivity contribution < 1.29 is 19.1 Å². The molecule has 4 heteroatoms. The van der Waals surface area contributed by atoms with Gasteiger partial charge in [-0.2, -0.15) is 0 Å². The number of carbonyl (C=O) groups excluding carboxylic acids is 3. The molecule has 0 radical (unpaired) electrons. The number of hydrogen-bond acceptors (Lipinski definition) is 4. The Labute approximate surface area is 174 Å². The van der Waals surface area contributed by atoms with E-state index in [1.807, 2.05) is 6.08 Å². The van der Waals surface area contributed by atoms with E-state index in [0.29, 0.717) is 23.7 Å². The molecule has 0 saturated heterocycles. The van der Waals surface area contributed by atoms with E-state index in [2.05, 4.69) is 33.8 Å². The molecule has 0 bridgehead atoms. The van der Waals surface area contributed by atoms with Crippen LogP contribution >= 0.6 is 0 Å². The minimum Gasteiger partial charge on any atom is -0.450 e. The van der Waals surface area contributed by atoms with Crippen molar-refractivity contribution in [3.05, 3.63) is 23.8 Å². The standard InChI is InChI=1S/C25H34O4/c1-14-11-19-20(23(5)9-7-18(28)13-21(14)23)8-10-24(6)22(19)12-15(2)25(24,16(3)26)29-17(4)27/h7,9,13-15,19-20,22H,8,10-12H2,1-6H3. The molecule has 0 aliphatic heterocycles. The van der Waals surface area contributed by atoms with Gasteiger partial charge in [-0.1, -0.05) is 39.3 Å². The first-order chi connectivity index (χ1) is 13.5. The van der Waals surface area contributed by atoms with Crippen molar-refractivity contribution in [2.75, 3.05) is 0 Å². The Balaban J connectivity index is 1.78. The largest absolute Gasteiger partial charge is 0.450 e. The highest BCUT2D eigenvalue weighted by atomic mass is 16.6. The minimum absolute atomic E-state index is 0.0116. The van der Waals surface area contributed by atoms with E-state index in [-0.39, 0.29) is 34.3 Å². The summed E-state index contributed by atoms with van der Waals surface area (Å²) in [6, 6.07) is 0. The average molecular weight is 399 g/mol. The summed E-state index contributed by atoms with van der Waals surface area (Å²) in [5, 5.41) is 0. The topological polar surface area (TPSA) is 60.4 Å². The highest BCUT2D eigenvalue weighted by molar-refractivity contribution is 6.01. The molecule has 0 N–H and O–H groups in total. The van der Waals surface area contributed by atoms with Crippen molar-refractivity contribution in [1.29, 1.82) is 0 Å².